The maximum Gasteiger partial charge on any atom is 0.164 e. The molecule has 0 N–H and O–H groups in total. The summed E-state index contributed by atoms with van der Waals surface area (Å²) in [4.78, 5) is 19.5. The Labute approximate surface area is 299 Å². The van der Waals surface area contributed by atoms with Gasteiger partial charge in [-0.05, 0) is 98.8 Å². The summed E-state index contributed by atoms with van der Waals surface area (Å²) >= 11 is 0. The number of hydrogen-bond acceptors (Lipinski definition) is 4. The molecule has 51 heavy (non-hydrogen) atoms. The minimum absolute atomic E-state index is 0.00426. The predicted octanol–water partition coefficient (Wildman–Crippen LogP) is 11.7. The fourth-order valence-corrected chi connectivity index (χ4v) is 7.61. The van der Waals surface area contributed by atoms with Crippen LogP contribution in [0.15, 0.2) is 164 Å². The van der Waals surface area contributed by atoms with Crippen LogP contribution in [-0.2, 0) is 5.41 Å². The number of nitrogens with zero attached hydrogens (tertiary/aromatic N) is 4. The molecule has 244 valence electrons. The summed E-state index contributed by atoms with van der Waals surface area (Å²) < 4.78 is 0. The second-order valence-electron chi connectivity index (χ2n) is 13.9. The third kappa shape index (κ3) is 5.69. The van der Waals surface area contributed by atoms with Gasteiger partial charge in [-0.25, -0.2) is 15.0 Å². The molecule has 9 rings (SSSR count). The fourth-order valence-electron chi connectivity index (χ4n) is 7.61. The van der Waals surface area contributed by atoms with Crippen LogP contribution in [0.25, 0.3) is 73.1 Å². The van der Waals surface area contributed by atoms with Gasteiger partial charge in [0.15, 0.2) is 17.5 Å². The first-order valence-corrected chi connectivity index (χ1v) is 17.6. The van der Waals surface area contributed by atoms with E-state index >= 15 is 0 Å². The number of pyridine rings is 1. The summed E-state index contributed by atoms with van der Waals surface area (Å²) in [5.41, 5.74) is 15.3. The maximum atomic E-state index is 5.11. The van der Waals surface area contributed by atoms with Crippen LogP contribution in [0.4, 0.5) is 0 Å². The van der Waals surface area contributed by atoms with E-state index in [9.17, 15) is 0 Å². The van der Waals surface area contributed by atoms with Crippen molar-refractivity contribution < 1.29 is 0 Å². The second kappa shape index (κ2) is 12.6. The molecule has 2 aromatic heterocycles. The van der Waals surface area contributed by atoms with Crippen molar-refractivity contribution in [3.63, 3.8) is 0 Å². The fraction of sp³-hybridized carbons (Fsp3) is 0.106. The van der Waals surface area contributed by atoms with E-state index in [1.807, 2.05) is 48.7 Å². The Hall–Kier alpha value is -6.26. The third-order valence-corrected chi connectivity index (χ3v) is 10.3. The highest BCUT2D eigenvalue weighted by Gasteiger charge is 2.37. The topological polar surface area (TPSA) is 51.6 Å². The lowest BCUT2D eigenvalue weighted by molar-refractivity contribution is 0.651. The van der Waals surface area contributed by atoms with E-state index in [0.717, 1.165) is 57.3 Å². The molecule has 0 radical (unpaired) electrons. The van der Waals surface area contributed by atoms with Gasteiger partial charge in [0.05, 0.1) is 0 Å². The summed E-state index contributed by atoms with van der Waals surface area (Å²) in [6.45, 7) is 4.71. The summed E-state index contributed by atoms with van der Waals surface area (Å²) in [6, 6.07) is 46.9. The Morgan fingerprint density at radius 3 is 1.67 bits per heavy atom. The Morgan fingerprint density at radius 1 is 0.490 bits per heavy atom. The minimum atomic E-state index is -0.00426. The van der Waals surface area contributed by atoms with Gasteiger partial charge in [-0.2, -0.15) is 0 Å². The molecule has 0 saturated heterocycles. The number of rotatable bonds is 6. The molecule has 0 atom stereocenters. The molecule has 2 heterocycles. The average Bonchev–Trinajstić information content (AvgIpc) is 3.44. The molecule has 7 aromatic rings. The van der Waals surface area contributed by atoms with Gasteiger partial charge in [-0.1, -0.05) is 129 Å². The van der Waals surface area contributed by atoms with Gasteiger partial charge in [-0.15, -0.1) is 0 Å². The van der Waals surface area contributed by atoms with Crippen LogP contribution in [0.5, 0.6) is 0 Å². The molecule has 4 nitrogen and oxygen atoms in total. The Kier molecular flexibility index (Phi) is 7.58. The SMILES string of the molecule is CC1(C)C2=C(CCC=C2)c2cc(-c3cc(-c4ccc(-c5cccnc5)cc4)cc(-c4nc(-c5ccccc5)nc(-c5ccccc5)n4)c3)ccc21. The van der Waals surface area contributed by atoms with E-state index in [1.54, 1.807) is 6.20 Å². The number of fused-ring (bicyclic) bond motifs is 2. The summed E-state index contributed by atoms with van der Waals surface area (Å²) in [5.74, 6) is 1.94. The Bertz CT molecular complexity index is 2400. The zero-order valence-electron chi connectivity index (χ0n) is 28.7. The van der Waals surface area contributed by atoms with Crippen LogP contribution in [0.1, 0.15) is 37.8 Å². The largest absolute Gasteiger partial charge is 0.264 e. The van der Waals surface area contributed by atoms with Crippen molar-refractivity contribution in [2.45, 2.75) is 32.1 Å². The van der Waals surface area contributed by atoms with Crippen molar-refractivity contribution in [2.24, 2.45) is 0 Å². The molecule has 4 heteroatoms. The molecule has 0 bridgehead atoms. The van der Waals surface area contributed by atoms with Crippen molar-refractivity contribution in [2.75, 3.05) is 0 Å². The lowest BCUT2D eigenvalue weighted by Gasteiger charge is -2.24. The highest BCUT2D eigenvalue weighted by molar-refractivity contribution is 5.87. The van der Waals surface area contributed by atoms with E-state index in [-0.39, 0.29) is 5.41 Å². The van der Waals surface area contributed by atoms with Gasteiger partial charge in [-0.3, -0.25) is 4.98 Å². The quantitative estimate of drug-likeness (QED) is 0.179. The molecule has 0 aliphatic heterocycles. The number of aromatic nitrogens is 4. The van der Waals surface area contributed by atoms with Gasteiger partial charge < -0.3 is 0 Å². The van der Waals surface area contributed by atoms with Gasteiger partial charge >= 0.3 is 0 Å². The van der Waals surface area contributed by atoms with Crippen LogP contribution in [0.2, 0.25) is 0 Å². The number of allylic oxidation sites excluding steroid dienone is 4. The predicted molar refractivity (Wildman–Crippen MR) is 209 cm³/mol. The van der Waals surface area contributed by atoms with E-state index in [4.69, 9.17) is 15.0 Å². The van der Waals surface area contributed by atoms with Gasteiger partial charge in [0.1, 0.15) is 0 Å². The van der Waals surface area contributed by atoms with Gasteiger partial charge in [0.25, 0.3) is 0 Å². The normalized spacial score (nSPS) is 14.3. The molecule has 2 aliphatic carbocycles. The highest BCUT2D eigenvalue weighted by Crippen LogP contribution is 2.51. The molecular weight excluding hydrogens is 621 g/mol. The van der Waals surface area contributed by atoms with E-state index in [1.165, 1.54) is 27.8 Å². The Morgan fingerprint density at radius 2 is 1.04 bits per heavy atom. The standard InChI is InChI=1S/C47H36N4/c1-47(2)42-18-10-9-17-40(42)41-29-35(23-24-43(41)47)38-26-37(32-21-19-31(20-22-32)36-16-11-25-48-30-36)27-39(28-38)46-50-44(33-12-5-3-6-13-33)49-45(51-46)34-14-7-4-8-15-34/h3-8,10-16,18-30H,9,17H2,1-2H3. The van der Waals surface area contributed by atoms with E-state index in [0.29, 0.717) is 17.5 Å². The van der Waals surface area contributed by atoms with Crippen LogP contribution in [0.3, 0.4) is 0 Å². The number of benzene rings is 5. The third-order valence-electron chi connectivity index (χ3n) is 10.3. The molecule has 2 aliphatic rings. The monoisotopic (exact) mass is 656 g/mol. The first-order chi connectivity index (χ1) is 25.0. The second-order valence-corrected chi connectivity index (χ2v) is 13.9. The summed E-state index contributed by atoms with van der Waals surface area (Å²) in [6.07, 6.45) is 10.5. The van der Waals surface area contributed by atoms with Crippen molar-refractivity contribution in [1.82, 2.24) is 19.9 Å². The molecule has 0 spiro atoms. The molecule has 0 unspecified atom stereocenters. The van der Waals surface area contributed by atoms with Crippen molar-refractivity contribution in [3.05, 3.63) is 175 Å². The van der Waals surface area contributed by atoms with Crippen molar-refractivity contribution in [3.8, 4) is 67.5 Å². The van der Waals surface area contributed by atoms with Crippen molar-refractivity contribution >= 4 is 5.57 Å². The summed E-state index contributed by atoms with van der Waals surface area (Å²) in [7, 11) is 0. The number of hydrogen-bond donors (Lipinski definition) is 0. The van der Waals surface area contributed by atoms with Crippen LogP contribution < -0.4 is 0 Å². The zero-order valence-corrected chi connectivity index (χ0v) is 28.7. The van der Waals surface area contributed by atoms with Gasteiger partial charge in [0.2, 0.25) is 0 Å². The van der Waals surface area contributed by atoms with Gasteiger partial charge in [0, 0.05) is 34.5 Å². The summed E-state index contributed by atoms with van der Waals surface area (Å²) in [5, 5.41) is 0. The smallest absolute Gasteiger partial charge is 0.164 e. The molecule has 0 amide bonds. The first-order valence-electron chi connectivity index (χ1n) is 17.6. The average molecular weight is 657 g/mol. The van der Waals surface area contributed by atoms with Crippen LogP contribution in [0, 0.1) is 0 Å². The molecular formula is C47H36N4. The van der Waals surface area contributed by atoms with E-state index in [2.05, 4.69) is 122 Å². The lowest BCUT2D eigenvalue weighted by atomic mass is 9.80. The lowest BCUT2D eigenvalue weighted by Crippen LogP contribution is -2.16. The Balaban J connectivity index is 1.23. The van der Waals surface area contributed by atoms with Crippen LogP contribution in [-0.4, -0.2) is 19.9 Å². The van der Waals surface area contributed by atoms with E-state index < -0.39 is 0 Å². The maximum absolute atomic E-state index is 5.11. The zero-order chi connectivity index (χ0) is 34.4. The van der Waals surface area contributed by atoms with Crippen molar-refractivity contribution in [1.29, 1.82) is 0 Å². The van der Waals surface area contributed by atoms with Crippen LogP contribution >= 0.6 is 0 Å². The molecule has 0 fully saturated rings. The molecule has 0 saturated carbocycles. The highest BCUT2D eigenvalue weighted by atomic mass is 15.0. The first kappa shape index (κ1) is 30.8. The molecule has 5 aromatic carbocycles. The minimum Gasteiger partial charge on any atom is -0.264 e.